The highest BCUT2D eigenvalue weighted by atomic mass is 31.1. The van der Waals surface area contributed by atoms with E-state index in [2.05, 4.69) is 11.1 Å². The fraction of sp³-hybridized carbons (Fsp3) is 0.333. The van der Waals surface area contributed by atoms with E-state index in [0.717, 1.165) is 0 Å². The highest BCUT2D eigenvalue weighted by molar-refractivity contribution is 7.32. The molecule has 0 aromatic rings. The largest absolute Gasteiger partial charge is 0.432 e. The fourth-order valence-electron chi connectivity index (χ4n) is 0.149. The number of hydrogen-bond donors (Lipinski definition) is 1. The Balaban J connectivity index is 3.32. The second-order valence-electron chi connectivity index (χ2n) is 1.07. The lowest BCUT2D eigenvalue weighted by molar-refractivity contribution is 0.354. The van der Waals surface area contributed by atoms with Crippen LogP contribution in [0, 0.1) is 0 Å². The first-order valence-corrected chi connectivity index (χ1v) is 2.95. The van der Waals surface area contributed by atoms with E-state index in [1.165, 1.54) is 6.92 Å². The number of rotatable bonds is 2. The van der Waals surface area contributed by atoms with Crippen molar-refractivity contribution in [2.24, 2.45) is 0 Å². The summed E-state index contributed by atoms with van der Waals surface area (Å²) in [4.78, 5) is 7.99. The summed E-state index contributed by atoms with van der Waals surface area (Å²) >= 11 is 0. The molecule has 0 saturated carbocycles. The van der Waals surface area contributed by atoms with Gasteiger partial charge < -0.3 is 9.42 Å². The van der Waals surface area contributed by atoms with Crippen LogP contribution in [0.5, 0.6) is 0 Å². The minimum absolute atomic E-state index is 0.270. The van der Waals surface area contributed by atoms with Crippen LogP contribution in [0.1, 0.15) is 6.92 Å². The Hall–Kier alpha value is -0.270. The van der Waals surface area contributed by atoms with Crippen LogP contribution in [0.25, 0.3) is 0 Å². The van der Waals surface area contributed by atoms with Gasteiger partial charge in [-0.1, -0.05) is 6.58 Å². The molecule has 0 amide bonds. The topological polar surface area (TPSA) is 46.5 Å². The molecule has 0 aliphatic heterocycles. The molecule has 0 fully saturated rings. The molecule has 1 atom stereocenters. The van der Waals surface area contributed by atoms with Crippen LogP contribution in [-0.4, -0.2) is 4.89 Å². The maximum atomic E-state index is 9.71. The van der Waals surface area contributed by atoms with Gasteiger partial charge in [-0.15, -0.1) is 0 Å². The first kappa shape index (κ1) is 6.73. The number of allylic oxidation sites excluding steroid dienone is 1. The SMILES string of the molecule is C=C(C)O[PH](=O)O. The van der Waals surface area contributed by atoms with Crippen molar-refractivity contribution in [1.82, 2.24) is 0 Å². The third kappa shape index (κ3) is 5.73. The zero-order chi connectivity index (χ0) is 5.86. The normalized spacial score (nSPS) is 12.9. The Kier molecular flexibility index (Phi) is 2.72. The van der Waals surface area contributed by atoms with E-state index in [9.17, 15) is 4.57 Å². The molecule has 0 saturated heterocycles. The molecule has 0 radical (unpaired) electrons. The summed E-state index contributed by atoms with van der Waals surface area (Å²) < 4.78 is 13.9. The molecular weight excluding hydrogens is 115 g/mol. The molecule has 4 heteroatoms. The average Bonchev–Trinajstić information content (AvgIpc) is 1.27. The maximum absolute atomic E-state index is 9.71. The lowest BCUT2D eigenvalue weighted by Gasteiger charge is -1.94. The molecule has 0 aromatic carbocycles. The van der Waals surface area contributed by atoms with Crippen molar-refractivity contribution >= 4 is 8.25 Å². The predicted molar refractivity (Wildman–Crippen MR) is 27.1 cm³/mol. The quantitative estimate of drug-likeness (QED) is 0.437. The molecule has 0 heterocycles. The highest BCUT2D eigenvalue weighted by Gasteiger charge is 1.86. The van der Waals surface area contributed by atoms with Crippen LogP contribution in [0.3, 0.4) is 0 Å². The van der Waals surface area contributed by atoms with Gasteiger partial charge in [-0.05, 0) is 6.92 Å². The lowest BCUT2D eigenvalue weighted by atomic mass is 10.7. The van der Waals surface area contributed by atoms with Crippen molar-refractivity contribution in [2.75, 3.05) is 0 Å². The van der Waals surface area contributed by atoms with Crippen LogP contribution in [-0.2, 0) is 9.09 Å². The minimum atomic E-state index is -2.78. The summed E-state index contributed by atoms with van der Waals surface area (Å²) in [5.41, 5.74) is 0. The van der Waals surface area contributed by atoms with Crippen molar-refractivity contribution < 1.29 is 14.0 Å². The summed E-state index contributed by atoms with van der Waals surface area (Å²) in [6, 6.07) is 0. The smallest absolute Gasteiger partial charge is 0.364 e. The molecule has 0 aromatic heterocycles. The Morgan fingerprint density at radius 3 is 2.43 bits per heavy atom. The molecule has 42 valence electrons. The Morgan fingerprint density at radius 1 is 2.00 bits per heavy atom. The van der Waals surface area contributed by atoms with E-state index in [4.69, 9.17) is 4.89 Å². The van der Waals surface area contributed by atoms with Gasteiger partial charge in [-0.2, -0.15) is 0 Å². The van der Waals surface area contributed by atoms with E-state index in [-0.39, 0.29) is 5.76 Å². The van der Waals surface area contributed by atoms with Gasteiger partial charge in [0.1, 0.15) is 0 Å². The molecule has 0 rings (SSSR count). The summed E-state index contributed by atoms with van der Waals surface area (Å²) in [6.07, 6.45) is 0. The van der Waals surface area contributed by atoms with Crippen LogP contribution in [0.2, 0.25) is 0 Å². The van der Waals surface area contributed by atoms with E-state index in [1.807, 2.05) is 0 Å². The molecule has 1 unspecified atom stereocenters. The van der Waals surface area contributed by atoms with E-state index in [1.54, 1.807) is 0 Å². The first-order valence-electron chi connectivity index (χ1n) is 1.69. The summed E-state index contributed by atoms with van der Waals surface area (Å²) in [6.45, 7) is 4.75. The molecule has 0 spiro atoms. The van der Waals surface area contributed by atoms with Gasteiger partial charge in [0, 0.05) is 0 Å². The molecular formula is C3H7O3P. The molecule has 7 heavy (non-hydrogen) atoms. The van der Waals surface area contributed by atoms with Gasteiger partial charge in [-0.3, -0.25) is 0 Å². The molecule has 0 aliphatic rings. The van der Waals surface area contributed by atoms with Crippen molar-refractivity contribution in [2.45, 2.75) is 6.92 Å². The Labute approximate surface area is 42.6 Å². The summed E-state index contributed by atoms with van der Waals surface area (Å²) in [5.74, 6) is 0.270. The van der Waals surface area contributed by atoms with Crippen LogP contribution < -0.4 is 0 Å². The Bertz CT molecular complexity index is 86.4. The molecule has 0 aliphatic carbocycles. The van der Waals surface area contributed by atoms with Gasteiger partial charge in [0.05, 0.1) is 5.76 Å². The maximum Gasteiger partial charge on any atom is 0.364 e. The van der Waals surface area contributed by atoms with Gasteiger partial charge in [0.15, 0.2) is 0 Å². The van der Waals surface area contributed by atoms with Gasteiger partial charge in [0.25, 0.3) is 0 Å². The minimum Gasteiger partial charge on any atom is -0.432 e. The fourth-order valence-corrected chi connectivity index (χ4v) is 0.447. The zero-order valence-electron chi connectivity index (χ0n) is 3.97. The second-order valence-corrected chi connectivity index (χ2v) is 1.81. The van der Waals surface area contributed by atoms with Gasteiger partial charge >= 0.3 is 8.25 Å². The van der Waals surface area contributed by atoms with Crippen molar-refractivity contribution in [3.05, 3.63) is 12.3 Å². The average molecular weight is 122 g/mol. The monoisotopic (exact) mass is 122 g/mol. The second kappa shape index (κ2) is 2.83. The van der Waals surface area contributed by atoms with Crippen molar-refractivity contribution in [1.29, 1.82) is 0 Å². The Morgan fingerprint density at radius 2 is 2.43 bits per heavy atom. The zero-order valence-corrected chi connectivity index (χ0v) is 4.97. The third-order valence-electron chi connectivity index (χ3n) is 0.262. The van der Waals surface area contributed by atoms with Crippen molar-refractivity contribution in [3.8, 4) is 0 Å². The van der Waals surface area contributed by atoms with Crippen LogP contribution >= 0.6 is 8.25 Å². The van der Waals surface area contributed by atoms with Crippen LogP contribution in [0.4, 0.5) is 0 Å². The third-order valence-corrected chi connectivity index (χ3v) is 0.785. The van der Waals surface area contributed by atoms with Crippen molar-refractivity contribution in [3.63, 3.8) is 0 Å². The van der Waals surface area contributed by atoms with Gasteiger partial charge in [-0.25, -0.2) is 4.57 Å². The van der Waals surface area contributed by atoms with Crippen LogP contribution in [0.15, 0.2) is 12.3 Å². The first-order chi connectivity index (χ1) is 3.13. The van der Waals surface area contributed by atoms with E-state index >= 15 is 0 Å². The summed E-state index contributed by atoms with van der Waals surface area (Å²) in [7, 11) is -2.78. The van der Waals surface area contributed by atoms with E-state index < -0.39 is 8.25 Å². The standard InChI is InChI=1S/C3H7O3P/c1-3(2)6-7(4)5/h7H,1H2,2H3,(H,4,5). The summed E-state index contributed by atoms with van der Waals surface area (Å²) in [5, 5.41) is 0. The molecule has 0 bridgehead atoms. The lowest BCUT2D eigenvalue weighted by Crippen LogP contribution is -1.69. The van der Waals surface area contributed by atoms with E-state index in [0.29, 0.717) is 0 Å². The predicted octanol–water partition coefficient (Wildman–Crippen LogP) is 0.919. The molecule has 3 nitrogen and oxygen atoms in total. The number of hydrogen-bond acceptors (Lipinski definition) is 2. The molecule has 1 N–H and O–H groups in total. The van der Waals surface area contributed by atoms with Gasteiger partial charge in [0.2, 0.25) is 0 Å². The highest BCUT2D eigenvalue weighted by Crippen LogP contribution is 2.17.